The molecule has 108 valence electrons. The van der Waals surface area contributed by atoms with Crippen LogP contribution in [-0.4, -0.2) is 26.8 Å². The Labute approximate surface area is 118 Å². The number of ether oxygens (including phenoxy) is 1. The summed E-state index contributed by atoms with van der Waals surface area (Å²) >= 11 is 0. The van der Waals surface area contributed by atoms with Gasteiger partial charge in [0, 0.05) is 20.2 Å². The van der Waals surface area contributed by atoms with Crippen molar-refractivity contribution in [1.82, 2.24) is 5.32 Å². The van der Waals surface area contributed by atoms with E-state index in [1.807, 2.05) is 0 Å². The smallest absolute Gasteiger partial charge is 0.0587 e. The molecule has 0 amide bonds. The molecule has 1 aromatic carbocycles. The molecule has 2 heteroatoms. The van der Waals surface area contributed by atoms with Crippen molar-refractivity contribution in [3.05, 3.63) is 34.9 Å². The molecule has 0 spiro atoms. The lowest BCUT2D eigenvalue weighted by Crippen LogP contribution is -2.34. The van der Waals surface area contributed by atoms with Crippen molar-refractivity contribution in [3.8, 4) is 0 Å². The second-order valence-corrected chi connectivity index (χ2v) is 6.01. The van der Waals surface area contributed by atoms with E-state index >= 15 is 0 Å². The fourth-order valence-electron chi connectivity index (χ4n) is 2.54. The summed E-state index contributed by atoms with van der Waals surface area (Å²) in [5.74, 6) is 0. The van der Waals surface area contributed by atoms with E-state index in [1.165, 1.54) is 23.1 Å². The van der Waals surface area contributed by atoms with Crippen LogP contribution in [0.25, 0.3) is 0 Å². The Bertz CT molecular complexity index is 369. The first-order valence-corrected chi connectivity index (χ1v) is 7.26. The van der Waals surface area contributed by atoms with Gasteiger partial charge in [0.2, 0.25) is 0 Å². The van der Waals surface area contributed by atoms with Crippen LogP contribution in [-0.2, 0) is 11.2 Å². The summed E-state index contributed by atoms with van der Waals surface area (Å²) in [6.07, 6.45) is 2.31. The average Bonchev–Trinajstić information content (AvgIpc) is 2.33. The van der Waals surface area contributed by atoms with E-state index < -0.39 is 0 Å². The number of methoxy groups -OCH3 is 1. The molecule has 0 saturated carbocycles. The normalized spacial score (nSPS) is 14.4. The standard InChI is InChI=1S/C17H29NO/c1-6-17(4,13-18-7-8-19-5)12-16-10-14(2)9-15(3)11-16/h9-11,18H,6-8,12-13H2,1-5H3. The zero-order valence-electron chi connectivity index (χ0n) is 13.2. The predicted octanol–water partition coefficient (Wildman–Crippen LogP) is 3.50. The highest BCUT2D eigenvalue weighted by molar-refractivity contribution is 5.29. The van der Waals surface area contributed by atoms with Crippen molar-refractivity contribution in [1.29, 1.82) is 0 Å². The van der Waals surface area contributed by atoms with Crippen molar-refractivity contribution in [2.75, 3.05) is 26.8 Å². The van der Waals surface area contributed by atoms with Gasteiger partial charge in [0.25, 0.3) is 0 Å². The number of aryl methyl sites for hydroxylation is 2. The maximum absolute atomic E-state index is 5.08. The monoisotopic (exact) mass is 263 g/mol. The molecular weight excluding hydrogens is 234 g/mol. The summed E-state index contributed by atoms with van der Waals surface area (Å²) in [4.78, 5) is 0. The minimum Gasteiger partial charge on any atom is -0.383 e. The van der Waals surface area contributed by atoms with Crippen molar-refractivity contribution >= 4 is 0 Å². The molecule has 0 aromatic heterocycles. The number of rotatable bonds is 8. The van der Waals surface area contributed by atoms with Crippen LogP contribution in [0.4, 0.5) is 0 Å². The van der Waals surface area contributed by atoms with Crippen LogP contribution in [0, 0.1) is 19.3 Å². The summed E-state index contributed by atoms with van der Waals surface area (Å²) in [5.41, 5.74) is 4.49. The Morgan fingerprint density at radius 2 is 1.79 bits per heavy atom. The van der Waals surface area contributed by atoms with Gasteiger partial charge in [0.1, 0.15) is 0 Å². The van der Waals surface area contributed by atoms with E-state index in [4.69, 9.17) is 4.74 Å². The summed E-state index contributed by atoms with van der Waals surface area (Å²) < 4.78 is 5.08. The molecule has 1 atom stereocenters. The molecular formula is C17H29NO. The van der Waals surface area contributed by atoms with Crippen LogP contribution in [0.1, 0.15) is 37.0 Å². The molecule has 1 aromatic rings. The van der Waals surface area contributed by atoms with Gasteiger partial charge in [-0.25, -0.2) is 0 Å². The average molecular weight is 263 g/mol. The zero-order chi connectivity index (χ0) is 14.3. The second kappa shape index (κ2) is 7.66. The van der Waals surface area contributed by atoms with Crippen molar-refractivity contribution in [2.45, 2.75) is 40.5 Å². The molecule has 2 nitrogen and oxygen atoms in total. The number of hydrogen-bond acceptors (Lipinski definition) is 2. The largest absolute Gasteiger partial charge is 0.383 e. The molecule has 1 rings (SSSR count). The minimum absolute atomic E-state index is 0.313. The van der Waals surface area contributed by atoms with E-state index in [2.05, 4.69) is 51.2 Å². The molecule has 0 heterocycles. The van der Waals surface area contributed by atoms with E-state index in [0.717, 1.165) is 26.1 Å². The fourth-order valence-corrected chi connectivity index (χ4v) is 2.54. The van der Waals surface area contributed by atoms with E-state index in [0.29, 0.717) is 5.41 Å². The highest BCUT2D eigenvalue weighted by Gasteiger charge is 2.22. The lowest BCUT2D eigenvalue weighted by atomic mass is 9.80. The van der Waals surface area contributed by atoms with E-state index in [-0.39, 0.29) is 0 Å². The number of hydrogen-bond donors (Lipinski definition) is 1. The summed E-state index contributed by atoms with van der Waals surface area (Å²) in [7, 11) is 1.75. The van der Waals surface area contributed by atoms with Crippen LogP contribution in [0.2, 0.25) is 0 Å². The van der Waals surface area contributed by atoms with E-state index in [1.54, 1.807) is 7.11 Å². The molecule has 0 bridgehead atoms. The van der Waals surface area contributed by atoms with Crippen LogP contribution in [0.5, 0.6) is 0 Å². The fraction of sp³-hybridized carbons (Fsp3) is 0.647. The van der Waals surface area contributed by atoms with Crippen molar-refractivity contribution in [3.63, 3.8) is 0 Å². The van der Waals surface area contributed by atoms with Gasteiger partial charge in [0.15, 0.2) is 0 Å². The molecule has 0 aliphatic carbocycles. The molecule has 1 unspecified atom stereocenters. The third kappa shape index (κ3) is 5.75. The van der Waals surface area contributed by atoms with Gasteiger partial charge in [-0.1, -0.05) is 43.2 Å². The van der Waals surface area contributed by atoms with Gasteiger partial charge >= 0.3 is 0 Å². The highest BCUT2D eigenvalue weighted by Crippen LogP contribution is 2.26. The Morgan fingerprint density at radius 3 is 2.32 bits per heavy atom. The Morgan fingerprint density at radius 1 is 1.16 bits per heavy atom. The maximum Gasteiger partial charge on any atom is 0.0587 e. The molecule has 19 heavy (non-hydrogen) atoms. The van der Waals surface area contributed by atoms with Gasteiger partial charge in [0.05, 0.1) is 6.61 Å². The van der Waals surface area contributed by atoms with Gasteiger partial charge in [-0.2, -0.15) is 0 Å². The van der Waals surface area contributed by atoms with Gasteiger partial charge < -0.3 is 10.1 Å². The lowest BCUT2D eigenvalue weighted by molar-refractivity contribution is 0.191. The van der Waals surface area contributed by atoms with Crippen LogP contribution in [0.3, 0.4) is 0 Å². The topological polar surface area (TPSA) is 21.3 Å². The third-order valence-electron chi connectivity index (χ3n) is 3.80. The Hall–Kier alpha value is -0.860. The Balaban J connectivity index is 2.63. The van der Waals surface area contributed by atoms with Crippen LogP contribution >= 0.6 is 0 Å². The van der Waals surface area contributed by atoms with Gasteiger partial charge in [-0.05, 0) is 37.7 Å². The van der Waals surface area contributed by atoms with Crippen LogP contribution < -0.4 is 5.32 Å². The SMILES string of the molecule is CCC(C)(CNCCOC)Cc1cc(C)cc(C)c1. The lowest BCUT2D eigenvalue weighted by Gasteiger charge is -2.29. The molecule has 1 N–H and O–H groups in total. The summed E-state index contributed by atoms with van der Waals surface area (Å²) in [6, 6.07) is 6.87. The van der Waals surface area contributed by atoms with Crippen molar-refractivity contribution in [2.24, 2.45) is 5.41 Å². The molecule has 0 fully saturated rings. The summed E-state index contributed by atoms with van der Waals surface area (Å²) in [5, 5.41) is 3.50. The first-order chi connectivity index (χ1) is 8.99. The highest BCUT2D eigenvalue weighted by atomic mass is 16.5. The molecule has 0 saturated heterocycles. The predicted molar refractivity (Wildman–Crippen MR) is 82.8 cm³/mol. The third-order valence-corrected chi connectivity index (χ3v) is 3.80. The Kier molecular flexibility index (Phi) is 6.53. The number of benzene rings is 1. The van der Waals surface area contributed by atoms with Gasteiger partial charge in [-0.3, -0.25) is 0 Å². The summed E-state index contributed by atoms with van der Waals surface area (Å²) in [6.45, 7) is 11.8. The number of nitrogens with one attached hydrogen (secondary N) is 1. The second-order valence-electron chi connectivity index (χ2n) is 6.01. The van der Waals surface area contributed by atoms with Crippen molar-refractivity contribution < 1.29 is 4.74 Å². The van der Waals surface area contributed by atoms with E-state index in [9.17, 15) is 0 Å². The van der Waals surface area contributed by atoms with Crippen LogP contribution in [0.15, 0.2) is 18.2 Å². The molecule has 0 radical (unpaired) electrons. The zero-order valence-corrected chi connectivity index (χ0v) is 13.2. The minimum atomic E-state index is 0.313. The quantitative estimate of drug-likeness (QED) is 0.725. The molecule has 0 aliphatic rings. The van der Waals surface area contributed by atoms with Gasteiger partial charge in [-0.15, -0.1) is 0 Å². The molecule has 0 aliphatic heterocycles. The maximum atomic E-state index is 5.08. The first kappa shape index (κ1) is 16.2. The first-order valence-electron chi connectivity index (χ1n) is 7.26.